The van der Waals surface area contributed by atoms with E-state index in [1.54, 1.807) is 31.4 Å². The van der Waals surface area contributed by atoms with Crippen LogP contribution in [0, 0.1) is 0 Å². The number of carbonyl (C=O) groups is 1. The number of para-hydroxylation sites is 1. The standard InChI is InChI=1S/C19H23NO4S/c1-14(15-8-11-17(12-9-15)25(3,22)23)20-19(21)13-10-16-6-4-5-7-18(16)24-2/h4-9,11-12,14H,10,13H2,1-3H3,(H,20,21)/t14-/m1/s1. The fourth-order valence-corrected chi connectivity index (χ4v) is 3.19. The van der Waals surface area contributed by atoms with Crippen molar-refractivity contribution in [1.29, 1.82) is 0 Å². The number of sulfone groups is 1. The number of hydrogen-bond donors (Lipinski definition) is 1. The number of aryl methyl sites for hydroxylation is 1. The summed E-state index contributed by atoms with van der Waals surface area (Å²) in [7, 11) is -1.60. The van der Waals surface area contributed by atoms with Gasteiger partial charge in [0.05, 0.1) is 18.0 Å². The minimum Gasteiger partial charge on any atom is -0.496 e. The summed E-state index contributed by atoms with van der Waals surface area (Å²) in [6, 6.07) is 14.0. The first kappa shape index (κ1) is 19.0. The SMILES string of the molecule is COc1ccccc1CCC(=O)N[C@H](C)c1ccc(S(C)(=O)=O)cc1. The molecule has 0 aliphatic rings. The van der Waals surface area contributed by atoms with Crippen LogP contribution < -0.4 is 10.1 Å². The quantitative estimate of drug-likeness (QED) is 0.823. The zero-order valence-electron chi connectivity index (χ0n) is 14.7. The second-order valence-corrected chi connectivity index (χ2v) is 7.96. The molecule has 1 amide bonds. The fraction of sp³-hybridized carbons (Fsp3) is 0.316. The average molecular weight is 361 g/mol. The molecule has 0 heterocycles. The lowest BCUT2D eigenvalue weighted by Crippen LogP contribution is -2.26. The monoisotopic (exact) mass is 361 g/mol. The molecule has 0 saturated carbocycles. The molecule has 0 radical (unpaired) electrons. The molecule has 0 fully saturated rings. The molecule has 6 heteroatoms. The molecule has 0 aliphatic heterocycles. The van der Waals surface area contributed by atoms with Gasteiger partial charge in [-0.05, 0) is 42.7 Å². The van der Waals surface area contributed by atoms with Crippen LogP contribution in [0.2, 0.25) is 0 Å². The molecule has 1 N–H and O–H groups in total. The highest BCUT2D eigenvalue weighted by Gasteiger charge is 2.12. The molecule has 0 aromatic heterocycles. The summed E-state index contributed by atoms with van der Waals surface area (Å²) in [6.07, 6.45) is 2.12. The van der Waals surface area contributed by atoms with Gasteiger partial charge >= 0.3 is 0 Å². The number of amides is 1. The van der Waals surface area contributed by atoms with Crippen LogP contribution in [0.25, 0.3) is 0 Å². The van der Waals surface area contributed by atoms with E-state index >= 15 is 0 Å². The molecule has 0 bridgehead atoms. The Hall–Kier alpha value is -2.34. The van der Waals surface area contributed by atoms with Crippen LogP contribution >= 0.6 is 0 Å². The third-order valence-corrected chi connectivity index (χ3v) is 5.13. The number of carbonyl (C=O) groups excluding carboxylic acids is 1. The van der Waals surface area contributed by atoms with Gasteiger partial charge in [-0.3, -0.25) is 4.79 Å². The second kappa shape index (κ2) is 8.16. The topological polar surface area (TPSA) is 72.5 Å². The highest BCUT2D eigenvalue weighted by molar-refractivity contribution is 7.90. The Balaban J connectivity index is 1.93. The number of ether oxygens (including phenoxy) is 1. The zero-order valence-corrected chi connectivity index (χ0v) is 15.5. The Labute approximate surface area is 148 Å². The highest BCUT2D eigenvalue weighted by Crippen LogP contribution is 2.20. The summed E-state index contributed by atoms with van der Waals surface area (Å²) in [6.45, 7) is 1.87. The van der Waals surface area contributed by atoms with Crippen LogP contribution in [0.3, 0.4) is 0 Å². The minimum absolute atomic E-state index is 0.0643. The van der Waals surface area contributed by atoms with Crippen molar-refractivity contribution in [3.63, 3.8) is 0 Å². The van der Waals surface area contributed by atoms with Crippen LogP contribution in [0.1, 0.15) is 30.5 Å². The van der Waals surface area contributed by atoms with Crippen molar-refractivity contribution in [1.82, 2.24) is 5.32 Å². The van der Waals surface area contributed by atoms with E-state index in [1.165, 1.54) is 6.26 Å². The largest absolute Gasteiger partial charge is 0.496 e. The summed E-state index contributed by atoms with van der Waals surface area (Å²) in [5, 5.41) is 2.93. The van der Waals surface area contributed by atoms with Crippen molar-refractivity contribution >= 4 is 15.7 Å². The van der Waals surface area contributed by atoms with E-state index in [9.17, 15) is 13.2 Å². The Bertz CT molecular complexity index is 829. The van der Waals surface area contributed by atoms with Crippen LogP contribution in [0.5, 0.6) is 5.75 Å². The Morgan fingerprint density at radius 3 is 2.36 bits per heavy atom. The van der Waals surface area contributed by atoms with Gasteiger partial charge in [-0.25, -0.2) is 8.42 Å². The predicted octanol–water partition coefficient (Wildman–Crippen LogP) is 2.91. The fourth-order valence-electron chi connectivity index (χ4n) is 2.56. The normalized spacial score (nSPS) is 12.4. The Morgan fingerprint density at radius 1 is 1.12 bits per heavy atom. The van der Waals surface area contributed by atoms with Crippen molar-refractivity contribution in [3.05, 3.63) is 59.7 Å². The lowest BCUT2D eigenvalue weighted by Gasteiger charge is -2.15. The number of benzene rings is 2. The van der Waals surface area contributed by atoms with Gasteiger partial charge in [-0.1, -0.05) is 30.3 Å². The van der Waals surface area contributed by atoms with E-state index in [2.05, 4.69) is 5.32 Å². The van der Waals surface area contributed by atoms with Crippen LogP contribution in [-0.4, -0.2) is 27.7 Å². The zero-order chi connectivity index (χ0) is 18.4. The van der Waals surface area contributed by atoms with Crippen molar-refractivity contribution in [2.75, 3.05) is 13.4 Å². The van der Waals surface area contributed by atoms with Gasteiger partial charge < -0.3 is 10.1 Å². The number of methoxy groups -OCH3 is 1. The van der Waals surface area contributed by atoms with Crippen molar-refractivity contribution < 1.29 is 17.9 Å². The third-order valence-electron chi connectivity index (χ3n) is 4.00. The summed E-state index contributed by atoms with van der Waals surface area (Å²) in [4.78, 5) is 12.4. The van der Waals surface area contributed by atoms with Gasteiger partial charge in [0, 0.05) is 12.7 Å². The molecule has 0 saturated heterocycles. The average Bonchev–Trinajstić information content (AvgIpc) is 2.59. The van der Waals surface area contributed by atoms with Crippen molar-refractivity contribution in [2.24, 2.45) is 0 Å². The van der Waals surface area contributed by atoms with E-state index in [0.29, 0.717) is 12.8 Å². The molecule has 0 unspecified atom stereocenters. The van der Waals surface area contributed by atoms with E-state index in [-0.39, 0.29) is 16.8 Å². The smallest absolute Gasteiger partial charge is 0.220 e. The van der Waals surface area contributed by atoms with Gasteiger partial charge in [0.25, 0.3) is 0 Å². The molecular weight excluding hydrogens is 338 g/mol. The van der Waals surface area contributed by atoms with E-state index < -0.39 is 9.84 Å². The summed E-state index contributed by atoms with van der Waals surface area (Å²) < 4.78 is 28.3. The van der Waals surface area contributed by atoms with Crippen LogP contribution in [0.15, 0.2) is 53.4 Å². The van der Waals surface area contributed by atoms with Gasteiger partial charge in [0.1, 0.15) is 5.75 Å². The van der Waals surface area contributed by atoms with E-state index in [4.69, 9.17) is 4.74 Å². The molecule has 134 valence electrons. The lowest BCUT2D eigenvalue weighted by atomic mass is 10.1. The van der Waals surface area contributed by atoms with Crippen LogP contribution in [-0.2, 0) is 21.1 Å². The molecule has 5 nitrogen and oxygen atoms in total. The first-order valence-corrected chi connectivity index (χ1v) is 9.91. The van der Waals surface area contributed by atoms with Gasteiger partial charge in [-0.2, -0.15) is 0 Å². The summed E-state index contributed by atoms with van der Waals surface area (Å²) in [5.74, 6) is 0.713. The number of nitrogens with one attached hydrogen (secondary N) is 1. The van der Waals surface area contributed by atoms with Gasteiger partial charge in [-0.15, -0.1) is 0 Å². The van der Waals surface area contributed by atoms with Crippen molar-refractivity contribution in [2.45, 2.75) is 30.7 Å². The maximum absolute atomic E-state index is 12.2. The first-order chi connectivity index (χ1) is 11.8. The lowest BCUT2D eigenvalue weighted by molar-refractivity contribution is -0.121. The molecule has 2 rings (SSSR count). The molecule has 25 heavy (non-hydrogen) atoms. The molecule has 2 aromatic carbocycles. The molecule has 0 spiro atoms. The number of hydrogen-bond acceptors (Lipinski definition) is 4. The van der Waals surface area contributed by atoms with E-state index in [0.717, 1.165) is 16.9 Å². The van der Waals surface area contributed by atoms with Gasteiger partial charge in [0.15, 0.2) is 9.84 Å². The minimum atomic E-state index is -3.21. The molecule has 0 aliphatic carbocycles. The van der Waals surface area contributed by atoms with Crippen LogP contribution in [0.4, 0.5) is 0 Å². The summed E-state index contributed by atoms with van der Waals surface area (Å²) in [5.41, 5.74) is 1.85. The second-order valence-electron chi connectivity index (χ2n) is 5.94. The third kappa shape index (κ3) is 5.32. The molecule has 2 aromatic rings. The van der Waals surface area contributed by atoms with E-state index in [1.807, 2.05) is 31.2 Å². The number of rotatable bonds is 7. The van der Waals surface area contributed by atoms with Gasteiger partial charge in [0.2, 0.25) is 5.91 Å². The maximum Gasteiger partial charge on any atom is 0.220 e. The first-order valence-electron chi connectivity index (χ1n) is 8.02. The molecular formula is C19H23NO4S. The highest BCUT2D eigenvalue weighted by atomic mass is 32.2. The van der Waals surface area contributed by atoms with Crippen molar-refractivity contribution in [3.8, 4) is 5.75 Å². The summed E-state index contributed by atoms with van der Waals surface area (Å²) >= 11 is 0. The predicted molar refractivity (Wildman–Crippen MR) is 97.4 cm³/mol. The Morgan fingerprint density at radius 2 is 1.76 bits per heavy atom. The Kier molecular flexibility index (Phi) is 6.20. The maximum atomic E-state index is 12.2. The molecule has 1 atom stereocenters.